The summed E-state index contributed by atoms with van der Waals surface area (Å²) in [6.45, 7) is 4.81. The summed E-state index contributed by atoms with van der Waals surface area (Å²) in [6, 6.07) is 5.97. The van der Waals surface area contributed by atoms with Crippen molar-refractivity contribution < 1.29 is 14.4 Å². The molecule has 0 spiro atoms. The van der Waals surface area contributed by atoms with Crippen molar-refractivity contribution in [3.63, 3.8) is 0 Å². The lowest BCUT2D eigenvalue weighted by atomic mass is 10.1. The molecule has 1 unspecified atom stereocenters. The minimum absolute atomic E-state index is 0.409. The number of barbiturate groups is 1. The molecule has 4 amide bonds. The summed E-state index contributed by atoms with van der Waals surface area (Å²) in [5, 5.41) is 2.21. The van der Waals surface area contributed by atoms with E-state index in [1.165, 1.54) is 6.21 Å². The summed E-state index contributed by atoms with van der Waals surface area (Å²) in [5.74, 6) is -1.71. The normalized spacial score (nSPS) is 18.6. The zero-order chi connectivity index (χ0) is 17.7. The zero-order valence-electron chi connectivity index (χ0n) is 13.7. The molecular formula is C17H20BrN3O3. The fraction of sp³-hybridized carbons (Fsp3) is 0.412. The van der Waals surface area contributed by atoms with Gasteiger partial charge in [-0.2, -0.15) is 0 Å². The Morgan fingerprint density at radius 2 is 1.92 bits per heavy atom. The van der Waals surface area contributed by atoms with Gasteiger partial charge in [-0.1, -0.05) is 29.8 Å². The third-order valence-electron chi connectivity index (χ3n) is 3.61. The SMILES string of the molecule is CC(C)CCCN=CC1C(=O)NC(=O)N(c2ccc(Br)cc2)C1=O. The van der Waals surface area contributed by atoms with Crippen molar-refractivity contribution in [1.29, 1.82) is 0 Å². The number of anilines is 1. The summed E-state index contributed by atoms with van der Waals surface area (Å²) in [6.07, 6.45) is 3.27. The van der Waals surface area contributed by atoms with Crippen molar-refractivity contribution in [3.05, 3.63) is 28.7 Å². The first-order valence-electron chi connectivity index (χ1n) is 7.84. The molecule has 128 valence electrons. The maximum Gasteiger partial charge on any atom is 0.335 e. The van der Waals surface area contributed by atoms with Crippen molar-refractivity contribution in [3.8, 4) is 0 Å². The van der Waals surface area contributed by atoms with Gasteiger partial charge in [-0.15, -0.1) is 0 Å². The molecule has 0 aromatic heterocycles. The van der Waals surface area contributed by atoms with Crippen LogP contribution >= 0.6 is 15.9 Å². The summed E-state index contributed by atoms with van der Waals surface area (Å²) >= 11 is 3.30. The minimum atomic E-state index is -1.08. The molecule has 1 saturated heterocycles. The average molecular weight is 394 g/mol. The lowest BCUT2D eigenvalue weighted by Crippen LogP contribution is -2.58. The molecule has 1 aromatic rings. The molecule has 7 heteroatoms. The lowest BCUT2D eigenvalue weighted by molar-refractivity contribution is -0.131. The van der Waals surface area contributed by atoms with E-state index in [4.69, 9.17) is 0 Å². The van der Waals surface area contributed by atoms with Crippen LogP contribution in [0.3, 0.4) is 0 Å². The van der Waals surface area contributed by atoms with Crippen LogP contribution in [0.2, 0.25) is 0 Å². The van der Waals surface area contributed by atoms with Crippen LogP contribution in [0.15, 0.2) is 33.7 Å². The van der Waals surface area contributed by atoms with E-state index < -0.39 is 23.8 Å². The van der Waals surface area contributed by atoms with Crippen molar-refractivity contribution >= 4 is 45.7 Å². The summed E-state index contributed by atoms with van der Waals surface area (Å²) in [5.41, 5.74) is 0.409. The van der Waals surface area contributed by atoms with Crippen LogP contribution in [0.25, 0.3) is 0 Å². The molecule has 0 aliphatic carbocycles. The van der Waals surface area contributed by atoms with Gasteiger partial charge in [-0.25, -0.2) is 9.69 Å². The Hall–Kier alpha value is -2.02. The Bertz CT molecular complexity index is 656. The van der Waals surface area contributed by atoms with Gasteiger partial charge in [0.2, 0.25) is 5.91 Å². The van der Waals surface area contributed by atoms with Gasteiger partial charge in [-0.3, -0.25) is 19.9 Å². The largest absolute Gasteiger partial charge is 0.335 e. The summed E-state index contributed by atoms with van der Waals surface area (Å²) in [4.78, 5) is 41.7. The van der Waals surface area contributed by atoms with Crippen LogP contribution in [0.5, 0.6) is 0 Å². The van der Waals surface area contributed by atoms with E-state index >= 15 is 0 Å². The van der Waals surface area contributed by atoms with Gasteiger partial charge in [-0.05, 0) is 43.0 Å². The van der Waals surface area contributed by atoms with Gasteiger partial charge in [0.1, 0.15) is 0 Å². The molecule has 1 aromatic carbocycles. The smallest absolute Gasteiger partial charge is 0.296 e. The molecule has 1 atom stereocenters. The number of urea groups is 1. The molecule has 0 bridgehead atoms. The highest BCUT2D eigenvalue weighted by atomic mass is 79.9. The van der Waals surface area contributed by atoms with E-state index in [-0.39, 0.29) is 0 Å². The van der Waals surface area contributed by atoms with Crippen molar-refractivity contribution in [2.24, 2.45) is 16.8 Å². The Balaban J connectivity index is 2.10. The minimum Gasteiger partial charge on any atom is -0.296 e. The molecule has 1 aliphatic heterocycles. The lowest BCUT2D eigenvalue weighted by Gasteiger charge is -2.28. The first-order valence-corrected chi connectivity index (χ1v) is 8.63. The summed E-state index contributed by atoms with van der Waals surface area (Å²) in [7, 11) is 0. The number of halogens is 1. The van der Waals surface area contributed by atoms with Gasteiger partial charge in [0.25, 0.3) is 5.91 Å². The third kappa shape index (κ3) is 4.50. The van der Waals surface area contributed by atoms with E-state index in [9.17, 15) is 14.4 Å². The quantitative estimate of drug-likeness (QED) is 0.457. The molecule has 1 heterocycles. The number of aliphatic imine (C=N–C) groups is 1. The second-order valence-electron chi connectivity index (χ2n) is 6.01. The number of carbonyl (C=O) groups excluding carboxylic acids is 3. The maximum absolute atomic E-state index is 12.5. The number of hydrogen-bond donors (Lipinski definition) is 1. The number of carbonyl (C=O) groups is 3. The Kier molecular flexibility index (Phi) is 6.25. The number of hydrogen-bond acceptors (Lipinski definition) is 4. The second kappa shape index (κ2) is 8.19. The zero-order valence-corrected chi connectivity index (χ0v) is 15.2. The predicted molar refractivity (Wildman–Crippen MR) is 96.1 cm³/mol. The Morgan fingerprint density at radius 3 is 2.54 bits per heavy atom. The van der Waals surface area contributed by atoms with Crippen LogP contribution < -0.4 is 10.2 Å². The monoisotopic (exact) mass is 393 g/mol. The average Bonchev–Trinajstić information content (AvgIpc) is 2.51. The number of imide groups is 2. The van der Waals surface area contributed by atoms with Crippen LogP contribution in [-0.4, -0.2) is 30.6 Å². The highest BCUT2D eigenvalue weighted by Gasteiger charge is 2.40. The molecule has 24 heavy (non-hydrogen) atoms. The molecule has 1 N–H and O–H groups in total. The highest BCUT2D eigenvalue weighted by molar-refractivity contribution is 9.10. The molecule has 1 aliphatic rings. The van der Waals surface area contributed by atoms with Gasteiger partial charge in [0.05, 0.1) is 5.69 Å². The van der Waals surface area contributed by atoms with Crippen LogP contribution in [-0.2, 0) is 9.59 Å². The second-order valence-corrected chi connectivity index (χ2v) is 6.93. The van der Waals surface area contributed by atoms with Crippen LogP contribution in [0, 0.1) is 11.8 Å². The van der Waals surface area contributed by atoms with E-state index in [2.05, 4.69) is 40.1 Å². The first kappa shape index (κ1) is 18.3. The molecule has 0 radical (unpaired) electrons. The van der Waals surface area contributed by atoms with Crippen molar-refractivity contribution in [1.82, 2.24) is 5.32 Å². The molecule has 6 nitrogen and oxygen atoms in total. The predicted octanol–water partition coefficient (Wildman–Crippen LogP) is 3.16. The van der Waals surface area contributed by atoms with E-state index in [0.29, 0.717) is 18.2 Å². The fourth-order valence-corrected chi connectivity index (χ4v) is 2.59. The third-order valence-corrected chi connectivity index (χ3v) is 4.14. The number of rotatable bonds is 6. The fourth-order valence-electron chi connectivity index (χ4n) is 2.33. The molecular weight excluding hydrogens is 374 g/mol. The highest BCUT2D eigenvalue weighted by Crippen LogP contribution is 2.22. The van der Waals surface area contributed by atoms with Gasteiger partial charge in [0, 0.05) is 17.2 Å². The topological polar surface area (TPSA) is 78.8 Å². The van der Waals surface area contributed by atoms with Crippen molar-refractivity contribution in [2.45, 2.75) is 26.7 Å². The number of benzene rings is 1. The maximum atomic E-state index is 12.5. The van der Waals surface area contributed by atoms with E-state index in [0.717, 1.165) is 22.2 Å². The van der Waals surface area contributed by atoms with Gasteiger partial charge >= 0.3 is 6.03 Å². The number of amides is 4. The van der Waals surface area contributed by atoms with Crippen LogP contribution in [0.4, 0.5) is 10.5 Å². The standard InChI is InChI=1S/C17H20BrN3O3/c1-11(2)4-3-9-19-10-14-15(22)20-17(24)21(16(14)23)13-7-5-12(18)6-8-13/h5-8,10-11,14H,3-4,9H2,1-2H3,(H,20,22,24). The summed E-state index contributed by atoms with van der Waals surface area (Å²) < 4.78 is 0.829. The van der Waals surface area contributed by atoms with E-state index in [1.807, 2.05) is 0 Å². The number of nitrogens with zero attached hydrogens (tertiary/aromatic N) is 2. The first-order chi connectivity index (χ1) is 11.4. The molecule has 2 rings (SSSR count). The van der Waals surface area contributed by atoms with Crippen LogP contribution in [0.1, 0.15) is 26.7 Å². The van der Waals surface area contributed by atoms with Gasteiger partial charge in [0.15, 0.2) is 5.92 Å². The molecule has 1 fully saturated rings. The Labute approximate surface area is 149 Å². The van der Waals surface area contributed by atoms with Crippen molar-refractivity contribution in [2.75, 3.05) is 11.4 Å². The number of nitrogens with one attached hydrogen (secondary N) is 1. The van der Waals surface area contributed by atoms with Gasteiger partial charge < -0.3 is 0 Å². The Morgan fingerprint density at radius 1 is 1.25 bits per heavy atom. The van der Waals surface area contributed by atoms with E-state index in [1.54, 1.807) is 24.3 Å². The molecule has 0 saturated carbocycles.